The molecule has 0 radical (unpaired) electrons. The second-order valence-electron chi connectivity index (χ2n) is 8.79. The number of aromatic nitrogens is 4. The lowest BCUT2D eigenvalue weighted by Gasteiger charge is -2.30. The van der Waals surface area contributed by atoms with E-state index < -0.39 is 0 Å². The zero-order valence-electron chi connectivity index (χ0n) is 19.0. The van der Waals surface area contributed by atoms with Crippen LogP contribution in [0.3, 0.4) is 0 Å². The zero-order valence-corrected chi connectivity index (χ0v) is 19.0. The van der Waals surface area contributed by atoms with Crippen molar-refractivity contribution in [2.24, 2.45) is 18.9 Å². The summed E-state index contributed by atoms with van der Waals surface area (Å²) >= 11 is 0. The minimum Gasteiger partial charge on any atom is -0.322 e. The van der Waals surface area contributed by atoms with E-state index in [4.69, 9.17) is 5.26 Å². The number of ketones is 1. The first-order chi connectivity index (χ1) is 15.9. The second kappa shape index (κ2) is 9.82. The molecule has 1 saturated carbocycles. The summed E-state index contributed by atoms with van der Waals surface area (Å²) in [5.74, 6) is 0.104. The fourth-order valence-electron chi connectivity index (χ4n) is 4.68. The smallest absolute Gasteiger partial charge is 0.224 e. The molecule has 0 saturated heterocycles. The molecular formula is C25H28N6O2. The summed E-state index contributed by atoms with van der Waals surface area (Å²) in [6.07, 6.45) is 6.49. The molecule has 3 aromatic rings. The predicted molar refractivity (Wildman–Crippen MR) is 124 cm³/mol. The SMILES string of the molecule is Cc1cc(-c2ccc(C(=O)C3CCCCC3CCC(=O)Nc3cn(C)nc3C#N)cc2)n[nH]1. The first-order valence-corrected chi connectivity index (χ1v) is 11.3. The van der Waals surface area contributed by atoms with Gasteiger partial charge in [-0.05, 0) is 38.2 Å². The van der Waals surface area contributed by atoms with Crippen molar-refractivity contribution >= 4 is 17.4 Å². The van der Waals surface area contributed by atoms with Crippen molar-refractivity contribution in [2.45, 2.75) is 45.4 Å². The maximum absolute atomic E-state index is 13.3. The van der Waals surface area contributed by atoms with Gasteiger partial charge in [-0.3, -0.25) is 19.4 Å². The average Bonchev–Trinajstić information content (AvgIpc) is 3.42. The third kappa shape index (κ3) is 5.20. The number of anilines is 1. The van der Waals surface area contributed by atoms with Crippen LogP contribution in [0, 0.1) is 30.1 Å². The maximum Gasteiger partial charge on any atom is 0.224 e. The highest BCUT2D eigenvalue weighted by Crippen LogP contribution is 2.36. The Balaban J connectivity index is 1.39. The van der Waals surface area contributed by atoms with Crippen LogP contribution in [0.1, 0.15) is 60.3 Å². The molecule has 1 amide bonds. The molecule has 170 valence electrons. The molecule has 2 unspecified atom stereocenters. The summed E-state index contributed by atoms with van der Waals surface area (Å²) in [6.45, 7) is 1.96. The molecule has 33 heavy (non-hydrogen) atoms. The van der Waals surface area contributed by atoms with E-state index >= 15 is 0 Å². The normalized spacial score (nSPS) is 18.0. The Kier molecular flexibility index (Phi) is 6.68. The van der Waals surface area contributed by atoms with Gasteiger partial charge in [0.25, 0.3) is 0 Å². The number of aromatic amines is 1. The highest BCUT2D eigenvalue weighted by atomic mass is 16.1. The Hall–Kier alpha value is -3.73. The molecule has 2 atom stereocenters. The zero-order chi connectivity index (χ0) is 23.4. The Morgan fingerprint density at radius 3 is 2.70 bits per heavy atom. The Morgan fingerprint density at radius 1 is 1.24 bits per heavy atom. The summed E-state index contributed by atoms with van der Waals surface area (Å²) in [6, 6.07) is 11.6. The average molecular weight is 445 g/mol. The maximum atomic E-state index is 13.3. The summed E-state index contributed by atoms with van der Waals surface area (Å²) in [5, 5.41) is 23.2. The number of carbonyl (C=O) groups excluding carboxylic acids is 2. The minimum absolute atomic E-state index is 0.0712. The van der Waals surface area contributed by atoms with Crippen LogP contribution >= 0.6 is 0 Å². The van der Waals surface area contributed by atoms with E-state index in [1.165, 1.54) is 4.68 Å². The number of aryl methyl sites for hydroxylation is 2. The van der Waals surface area contributed by atoms with Crippen LogP contribution in [0.5, 0.6) is 0 Å². The number of hydrogen-bond donors (Lipinski definition) is 2. The molecule has 8 heteroatoms. The van der Waals surface area contributed by atoms with Gasteiger partial charge in [0.2, 0.25) is 5.91 Å². The largest absolute Gasteiger partial charge is 0.322 e. The van der Waals surface area contributed by atoms with Crippen molar-refractivity contribution in [1.29, 1.82) is 5.26 Å². The standard InChI is InChI=1S/C25H28N6O2/c1-16-13-21(29-28-16)18-7-9-19(10-8-18)25(33)20-6-4-3-5-17(20)11-12-24(32)27-23-15-31(2)30-22(23)14-26/h7-10,13,15,17,20H,3-6,11-12H2,1-2H3,(H,27,32)(H,28,29). The molecule has 2 N–H and O–H groups in total. The molecule has 1 aliphatic rings. The number of benzene rings is 1. The van der Waals surface area contributed by atoms with Crippen LogP contribution in [0.15, 0.2) is 36.5 Å². The van der Waals surface area contributed by atoms with Gasteiger partial charge in [0, 0.05) is 42.4 Å². The van der Waals surface area contributed by atoms with E-state index in [-0.39, 0.29) is 29.2 Å². The summed E-state index contributed by atoms with van der Waals surface area (Å²) < 4.78 is 1.50. The number of nitrogens with zero attached hydrogens (tertiary/aromatic N) is 4. The molecule has 1 fully saturated rings. The number of H-pyrrole nitrogens is 1. The molecule has 1 aromatic carbocycles. The van der Waals surface area contributed by atoms with E-state index in [1.807, 2.05) is 43.3 Å². The van der Waals surface area contributed by atoms with Crippen LogP contribution in [-0.2, 0) is 11.8 Å². The Labute approximate surface area is 193 Å². The third-order valence-corrected chi connectivity index (χ3v) is 6.37. The van der Waals surface area contributed by atoms with E-state index in [0.717, 1.165) is 42.6 Å². The molecule has 0 aliphatic heterocycles. The van der Waals surface area contributed by atoms with Crippen molar-refractivity contribution in [3.05, 3.63) is 53.5 Å². The Morgan fingerprint density at radius 2 is 2.00 bits per heavy atom. The Bertz CT molecular complexity index is 1180. The van der Waals surface area contributed by atoms with Crippen molar-refractivity contribution in [2.75, 3.05) is 5.32 Å². The summed E-state index contributed by atoms with van der Waals surface area (Å²) in [4.78, 5) is 25.8. The number of nitrogens with one attached hydrogen (secondary N) is 2. The molecule has 2 aromatic heterocycles. The number of hydrogen-bond acceptors (Lipinski definition) is 5. The number of Topliss-reactive ketones (excluding diaryl/α,β-unsaturated/α-hetero) is 1. The summed E-state index contributed by atoms with van der Waals surface area (Å²) in [7, 11) is 1.71. The van der Waals surface area contributed by atoms with Crippen LogP contribution < -0.4 is 5.32 Å². The van der Waals surface area contributed by atoms with Gasteiger partial charge in [-0.2, -0.15) is 15.5 Å². The highest BCUT2D eigenvalue weighted by Gasteiger charge is 2.31. The van der Waals surface area contributed by atoms with E-state index in [0.29, 0.717) is 24.1 Å². The van der Waals surface area contributed by atoms with Crippen LogP contribution in [-0.4, -0.2) is 31.7 Å². The van der Waals surface area contributed by atoms with Gasteiger partial charge in [-0.25, -0.2) is 0 Å². The molecule has 1 aliphatic carbocycles. The van der Waals surface area contributed by atoms with Gasteiger partial charge < -0.3 is 5.32 Å². The number of rotatable bonds is 7. The van der Waals surface area contributed by atoms with Crippen molar-refractivity contribution in [1.82, 2.24) is 20.0 Å². The topological polar surface area (TPSA) is 116 Å². The van der Waals surface area contributed by atoms with E-state index in [9.17, 15) is 9.59 Å². The fourth-order valence-corrected chi connectivity index (χ4v) is 4.68. The first kappa shape index (κ1) is 22.5. The number of amides is 1. The molecule has 0 bridgehead atoms. The van der Waals surface area contributed by atoms with Crippen molar-refractivity contribution in [3.63, 3.8) is 0 Å². The predicted octanol–water partition coefficient (Wildman–Crippen LogP) is 4.40. The summed E-state index contributed by atoms with van der Waals surface area (Å²) in [5.41, 5.74) is 4.16. The third-order valence-electron chi connectivity index (χ3n) is 6.37. The molecule has 4 rings (SSSR count). The van der Waals surface area contributed by atoms with Crippen LogP contribution in [0.4, 0.5) is 5.69 Å². The lowest BCUT2D eigenvalue weighted by atomic mass is 9.73. The van der Waals surface area contributed by atoms with E-state index in [1.54, 1.807) is 13.2 Å². The first-order valence-electron chi connectivity index (χ1n) is 11.3. The quantitative estimate of drug-likeness (QED) is 0.524. The molecule has 2 heterocycles. The van der Waals surface area contributed by atoms with Gasteiger partial charge in [0.1, 0.15) is 6.07 Å². The minimum atomic E-state index is -0.157. The van der Waals surface area contributed by atoms with Crippen LogP contribution in [0.2, 0.25) is 0 Å². The van der Waals surface area contributed by atoms with Gasteiger partial charge in [-0.15, -0.1) is 0 Å². The second-order valence-corrected chi connectivity index (χ2v) is 8.79. The molecule has 8 nitrogen and oxygen atoms in total. The van der Waals surface area contributed by atoms with Gasteiger partial charge in [-0.1, -0.05) is 37.1 Å². The highest BCUT2D eigenvalue weighted by molar-refractivity contribution is 5.98. The molecule has 0 spiro atoms. The molecular weight excluding hydrogens is 416 g/mol. The lowest BCUT2D eigenvalue weighted by molar-refractivity contribution is -0.116. The van der Waals surface area contributed by atoms with Crippen molar-refractivity contribution in [3.8, 4) is 17.3 Å². The number of carbonyl (C=O) groups is 2. The van der Waals surface area contributed by atoms with E-state index in [2.05, 4.69) is 20.6 Å². The lowest BCUT2D eigenvalue weighted by Crippen LogP contribution is -2.28. The van der Waals surface area contributed by atoms with Gasteiger partial charge in [0.05, 0.1) is 11.4 Å². The van der Waals surface area contributed by atoms with Gasteiger partial charge in [0.15, 0.2) is 11.5 Å². The van der Waals surface area contributed by atoms with Crippen molar-refractivity contribution < 1.29 is 9.59 Å². The van der Waals surface area contributed by atoms with Crippen LogP contribution in [0.25, 0.3) is 11.3 Å². The monoisotopic (exact) mass is 444 g/mol. The number of nitriles is 1. The fraction of sp³-hybridized carbons (Fsp3) is 0.400. The van der Waals surface area contributed by atoms with Gasteiger partial charge >= 0.3 is 0 Å².